The molecule has 2 heterocycles. The van der Waals surface area contributed by atoms with Crippen molar-refractivity contribution in [2.75, 3.05) is 49.2 Å². The van der Waals surface area contributed by atoms with Crippen LogP contribution in [0.1, 0.15) is 26.4 Å². The van der Waals surface area contributed by atoms with Gasteiger partial charge < -0.3 is 26.0 Å². The number of nitrogens with one attached hydrogen (secondary N) is 1. The number of rotatable bonds is 5. The van der Waals surface area contributed by atoms with Crippen LogP contribution in [-0.2, 0) is 0 Å². The van der Waals surface area contributed by atoms with Crippen LogP contribution < -0.4 is 16.0 Å². The van der Waals surface area contributed by atoms with E-state index in [2.05, 4.69) is 25.4 Å². The van der Waals surface area contributed by atoms with Crippen LogP contribution in [0.25, 0.3) is 5.69 Å². The molecule has 1 aliphatic heterocycles. The predicted molar refractivity (Wildman–Crippen MR) is 127 cm³/mol. The number of amides is 1. The van der Waals surface area contributed by atoms with Crippen LogP contribution in [0.2, 0.25) is 5.02 Å². The average molecular weight is 488 g/mol. The van der Waals surface area contributed by atoms with Crippen molar-refractivity contribution in [2.45, 2.75) is 6.92 Å². The molecule has 12 heteroatoms. The lowest BCUT2D eigenvalue weighted by molar-refractivity contribution is 0.0690. The van der Waals surface area contributed by atoms with E-state index in [0.29, 0.717) is 11.4 Å². The van der Waals surface area contributed by atoms with Crippen molar-refractivity contribution in [1.29, 1.82) is 0 Å². The minimum Gasteiger partial charge on any atom is -0.476 e. The van der Waals surface area contributed by atoms with Gasteiger partial charge in [0.1, 0.15) is 0 Å². The maximum Gasteiger partial charge on any atom is 0.358 e. The number of likely N-dealkylation sites (N-methyl/N-ethyl adjacent to an activating group) is 1. The first-order chi connectivity index (χ1) is 16.2. The molecule has 0 unspecified atom stereocenters. The van der Waals surface area contributed by atoms with Crippen molar-refractivity contribution in [3.63, 3.8) is 0 Å². The van der Waals surface area contributed by atoms with Gasteiger partial charge in [0, 0.05) is 31.7 Å². The van der Waals surface area contributed by atoms with E-state index in [9.17, 15) is 14.0 Å². The predicted octanol–water partition coefficient (Wildman–Crippen LogP) is 2.65. The fourth-order valence-corrected chi connectivity index (χ4v) is 3.95. The molecule has 0 aliphatic carbocycles. The van der Waals surface area contributed by atoms with Crippen LogP contribution >= 0.6 is 11.6 Å². The van der Waals surface area contributed by atoms with E-state index >= 15 is 0 Å². The van der Waals surface area contributed by atoms with Crippen molar-refractivity contribution in [1.82, 2.24) is 19.9 Å². The number of nitrogen functional groups attached to an aromatic ring is 1. The molecule has 178 valence electrons. The van der Waals surface area contributed by atoms with Gasteiger partial charge in [-0.05, 0) is 38.2 Å². The maximum absolute atomic E-state index is 14.1. The fourth-order valence-electron chi connectivity index (χ4n) is 3.73. The Hall–Kier alpha value is -3.70. The number of carboxylic acid groups (broad SMARTS) is 1. The van der Waals surface area contributed by atoms with Crippen LogP contribution in [0.15, 0.2) is 30.5 Å². The fraction of sp³-hybridized carbons (Fsp3) is 0.273. The number of carbonyl (C=O) groups is 2. The molecule has 0 radical (unpaired) electrons. The molecular formula is C22H23ClFN7O3. The summed E-state index contributed by atoms with van der Waals surface area (Å²) in [4.78, 5) is 28.7. The number of aromatic nitrogens is 3. The summed E-state index contributed by atoms with van der Waals surface area (Å²) in [6.07, 6.45) is 1.28. The summed E-state index contributed by atoms with van der Waals surface area (Å²) >= 11 is 6.25. The third-order valence-electron chi connectivity index (χ3n) is 5.74. The second-order valence-electron chi connectivity index (χ2n) is 8.07. The second-order valence-corrected chi connectivity index (χ2v) is 8.44. The highest BCUT2D eigenvalue weighted by molar-refractivity contribution is 6.35. The van der Waals surface area contributed by atoms with Gasteiger partial charge in [-0.25, -0.2) is 13.9 Å². The summed E-state index contributed by atoms with van der Waals surface area (Å²) in [5.74, 6) is -2.42. The summed E-state index contributed by atoms with van der Waals surface area (Å²) in [6.45, 7) is 4.63. The topological polar surface area (TPSA) is 130 Å². The molecule has 1 amide bonds. The monoisotopic (exact) mass is 487 g/mol. The molecule has 1 fully saturated rings. The van der Waals surface area contributed by atoms with Crippen LogP contribution in [-0.4, -0.2) is 70.1 Å². The van der Waals surface area contributed by atoms with Gasteiger partial charge in [-0.2, -0.15) is 0 Å². The molecule has 0 spiro atoms. The molecule has 1 aromatic heterocycles. The molecule has 2 aromatic carbocycles. The van der Waals surface area contributed by atoms with Gasteiger partial charge in [-0.3, -0.25) is 4.79 Å². The zero-order chi connectivity index (χ0) is 24.6. The summed E-state index contributed by atoms with van der Waals surface area (Å²) in [7, 11) is 2.04. The number of hydrogen-bond acceptors (Lipinski definition) is 7. The Bertz CT molecular complexity index is 1270. The number of anilines is 3. The number of hydrogen-bond donors (Lipinski definition) is 3. The average Bonchev–Trinajstić information content (AvgIpc) is 3.31. The molecule has 4 rings (SSSR count). The molecule has 34 heavy (non-hydrogen) atoms. The lowest BCUT2D eigenvalue weighted by Gasteiger charge is -2.35. The van der Waals surface area contributed by atoms with Gasteiger partial charge in [0.15, 0.2) is 11.5 Å². The zero-order valence-corrected chi connectivity index (χ0v) is 19.3. The molecule has 0 saturated carbocycles. The number of carboxylic acids is 1. The molecule has 1 saturated heterocycles. The van der Waals surface area contributed by atoms with Crippen LogP contribution in [0.3, 0.4) is 0 Å². The van der Waals surface area contributed by atoms with Crippen molar-refractivity contribution < 1.29 is 19.1 Å². The Morgan fingerprint density at radius 2 is 1.91 bits per heavy atom. The zero-order valence-electron chi connectivity index (χ0n) is 18.5. The van der Waals surface area contributed by atoms with Crippen LogP contribution in [0.4, 0.5) is 21.5 Å². The Balaban J connectivity index is 1.73. The molecule has 10 nitrogen and oxygen atoms in total. The van der Waals surface area contributed by atoms with E-state index in [0.717, 1.165) is 31.9 Å². The minimum atomic E-state index is -1.20. The number of nitrogens with two attached hydrogens (primary N) is 1. The number of benzene rings is 2. The second kappa shape index (κ2) is 9.27. The van der Waals surface area contributed by atoms with Crippen LogP contribution in [0, 0.1) is 12.7 Å². The molecule has 4 N–H and O–H groups in total. The number of aromatic carboxylic acids is 1. The largest absolute Gasteiger partial charge is 0.476 e. The molecule has 1 aliphatic rings. The Morgan fingerprint density at radius 1 is 1.21 bits per heavy atom. The SMILES string of the molecule is Cc1c(F)c(N)cc(C(=O)Nc2cc(-n3cc(C(=O)O)nn3)ccc2N2CCN(C)CC2)c1Cl. The molecule has 0 bridgehead atoms. The minimum absolute atomic E-state index is 0.0242. The van der Waals surface area contributed by atoms with Gasteiger partial charge in [-0.1, -0.05) is 16.8 Å². The highest BCUT2D eigenvalue weighted by Gasteiger charge is 2.22. The first kappa shape index (κ1) is 23.5. The van der Waals surface area contributed by atoms with Crippen molar-refractivity contribution >= 4 is 40.5 Å². The molecular weight excluding hydrogens is 465 g/mol. The maximum atomic E-state index is 14.1. The lowest BCUT2D eigenvalue weighted by atomic mass is 10.1. The third-order valence-corrected chi connectivity index (χ3v) is 6.23. The Labute approximate surface area is 199 Å². The third kappa shape index (κ3) is 4.52. The van der Waals surface area contributed by atoms with E-state index in [1.54, 1.807) is 12.1 Å². The van der Waals surface area contributed by atoms with Crippen molar-refractivity contribution in [3.05, 3.63) is 58.1 Å². The highest BCUT2D eigenvalue weighted by atomic mass is 35.5. The van der Waals surface area contributed by atoms with Gasteiger partial charge in [0.05, 0.1) is 39.5 Å². The smallest absolute Gasteiger partial charge is 0.358 e. The first-order valence-electron chi connectivity index (χ1n) is 10.4. The summed E-state index contributed by atoms with van der Waals surface area (Å²) in [5.41, 5.74) is 7.18. The molecule has 3 aromatic rings. The lowest BCUT2D eigenvalue weighted by Crippen LogP contribution is -2.44. The van der Waals surface area contributed by atoms with E-state index in [1.807, 2.05) is 13.1 Å². The highest BCUT2D eigenvalue weighted by Crippen LogP contribution is 2.32. The summed E-state index contributed by atoms with van der Waals surface area (Å²) in [6, 6.07) is 6.45. The van der Waals surface area contributed by atoms with Gasteiger partial charge in [0.25, 0.3) is 5.91 Å². The van der Waals surface area contributed by atoms with E-state index in [1.165, 1.54) is 23.9 Å². The Morgan fingerprint density at radius 3 is 2.56 bits per heavy atom. The van der Waals surface area contributed by atoms with E-state index < -0.39 is 17.7 Å². The van der Waals surface area contributed by atoms with E-state index in [-0.39, 0.29) is 27.5 Å². The first-order valence-corrected chi connectivity index (χ1v) is 10.8. The molecule has 0 atom stereocenters. The van der Waals surface area contributed by atoms with Crippen molar-refractivity contribution in [3.8, 4) is 5.69 Å². The van der Waals surface area contributed by atoms with Gasteiger partial charge >= 0.3 is 5.97 Å². The number of halogens is 2. The van der Waals surface area contributed by atoms with Crippen molar-refractivity contribution in [2.24, 2.45) is 0 Å². The Kier molecular flexibility index (Phi) is 6.40. The standard InChI is InChI=1S/C22H23ClFN7O3/c1-12-19(23)14(10-15(25)20(12)24)21(32)26-16-9-13(31-11-17(22(33)34)27-28-31)3-4-18(16)30-7-5-29(2)6-8-30/h3-4,9-11H,5-8,25H2,1-2H3,(H,26,32)(H,33,34). The van der Waals surface area contributed by atoms with Crippen LogP contribution in [0.5, 0.6) is 0 Å². The van der Waals surface area contributed by atoms with Gasteiger partial charge in [0.2, 0.25) is 0 Å². The normalized spacial score (nSPS) is 14.3. The summed E-state index contributed by atoms with van der Waals surface area (Å²) < 4.78 is 15.4. The summed E-state index contributed by atoms with van der Waals surface area (Å²) in [5, 5.41) is 19.5. The van der Waals surface area contributed by atoms with E-state index in [4.69, 9.17) is 22.4 Å². The quantitative estimate of drug-likeness (QED) is 0.468. The number of nitrogens with zero attached hydrogens (tertiary/aromatic N) is 5. The van der Waals surface area contributed by atoms with Gasteiger partial charge in [-0.15, -0.1) is 5.10 Å². The number of piperazine rings is 1. The number of carbonyl (C=O) groups excluding carboxylic acids is 1.